The molecule has 0 amide bonds. The van der Waals surface area contributed by atoms with Crippen LogP contribution in [0.25, 0.3) is 0 Å². The molecule has 0 spiro atoms. The van der Waals surface area contributed by atoms with Gasteiger partial charge in [0.25, 0.3) is 0 Å². The van der Waals surface area contributed by atoms with Crippen molar-refractivity contribution in [1.82, 2.24) is 25.5 Å². The summed E-state index contributed by atoms with van der Waals surface area (Å²) < 4.78 is 0. The van der Waals surface area contributed by atoms with Crippen molar-refractivity contribution in [2.75, 3.05) is 50.7 Å². The van der Waals surface area contributed by atoms with Gasteiger partial charge >= 0.3 is 0 Å². The predicted octanol–water partition coefficient (Wildman–Crippen LogP) is 2.89. The van der Waals surface area contributed by atoms with Gasteiger partial charge < -0.3 is 15.5 Å². The summed E-state index contributed by atoms with van der Waals surface area (Å²) >= 11 is 0. The number of allylic oxidation sites excluding steroid dienone is 1. The number of hydrogen-bond donors (Lipinski definition) is 2. The number of fused-ring (bicyclic) bond motifs is 1. The van der Waals surface area contributed by atoms with Crippen LogP contribution in [0.15, 0.2) is 41.8 Å². The molecule has 1 aromatic heterocycles. The molecule has 7 heteroatoms. The van der Waals surface area contributed by atoms with E-state index in [1.165, 1.54) is 16.8 Å². The minimum atomic E-state index is 0.818. The summed E-state index contributed by atoms with van der Waals surface area (Å²) in [5, 5.41) is 6.83. The van der Waals surface area contributed by atoms with Gasteiger partial charge in [-0.2, -0.15) is 0 Å². The van der Waals surface area contributed by atoms with Gasteiger partial charge in [-0.1, -0.05) is 24.3 Å². The average Bonchev–Trinajstić information content (AvgIpc) is 3.18. The molecular weight excluding hydrogens is 386 g/mol. The van der Waals surface area contributed by atoms with Crippen molar-refractivity contribution < 1.29 is 0 Å². The van der Waals surface area contributed by atoms with Crippen LogP contribution in [-0.2, 0) is 6.42 Å². The quantitative estimate of drug-likeness (QED) is 0.673. The van der Waals surface area contributed by atoms with E-state index < -0.39 is 0 Å². The van der Waals surface area contributed by atoms with E-state index in [0.29, 0.717) is 0 Å². The number of aromatic nitrogens is 2. The molecule has 31 heavy (non-hydrogen) atoms. The van der Waals surface area contributed by atoms with Crippen LogP contribution in [0.4, 0.5) is 17.2 Å². The van der Waals surface area contributed by atoms with Crippen molar-refractivity contribution in [1.29, 1.82) is 0 Å². The third-order valence-electron chi connectivity index (χ3n) is 6.06. The van der Waals surface area contributed by atoms with Crippen molar-refractivity contribution in [3.63, 3.8) is 0 Å². The highest BCUT2D eigenvalue weighted by atomic mass is 15.2. The van der Waals surface area contributed by atoms with Crippen molar-refractivity contribution >= 4 is 22.9 Å². The van der Waals surface area contributed by atoms with E-state index in [1.807, 2.05) is 13.8 Å². The molecule has 164 valence electrons. The maximum absolute atomic E-state index is 4.92. The van der Waals surface area contributed by atoms with Crippen LogP contribution >= 0.6 is 0 Å². The monoisotopic (exact) mass is 419 g/mol. The number of nitrogens with zero attached hydrogens (tertiary/aromatic N) is 5. The van der Waals surface area contributed by atoms with Crippen molar-refractivity contribution in [3.05, 3.63) is 53.6 Å². The fourth-order valence-electron chi connectivity index (χ4n) is 4.20. The fourth-order valence-corrected chi connectivity index (χ4v) is 4.20. The highest BCUT2D eigenvalue weighted by Crippen LogP contribution is 2.39. The lowest BCUT2D eigenvalue weighted by molar-refractivity contribution is 0.243. The summed E-state index contributed by atoms with van der Waals surface area (Å²) in [7, 11) is 0. The van der Waals surface area contributed by atoms with Crippen LogP contribution in [0.1, 0.15) is 23.7 Å². The summed E-state index contributed by atoms with van der Waals surface area (Å²) in [6.07, 6.45) is 2.65. The second-order valence-electron chi connectivity index (χ2n) is 8.36. The number of aryl methyl sites for hydroxylation is 2. The third-order valence-corrected chi connectivity index (χ3v) is 6.06. The predicted molar refractivity (Wildman–Crippen MR) is 128 cm³/mol. The largest absolute Gasteiger partial charge is 0.383 e. The van der Waals surface area contributed by atoms with Crippen LogP contribution in [0.5, 0.6) is 0 Å². The third kappa shape index (κ3) is 4.94. The molecule has 0 radical (unpaired) electrons. The first kappa shape index (κ1) is 21.5. The lowest BCUT2D eigenvalue weighted by Crippen LogP contribution is -2.45. The molecule has 0 atom stereocenters. The van der Waals surface area contributed by atoms with E-state index in [9.17, 15) is 0 Å². The molecule has 0 bridgehead atoms. The van der Waals surface area contributed by atoms with Gasteiger partial charge in [-0.25, -0.2) is 15.0 Å². The van der Waals surface area contributed by atoms with Crippen molar-refractivity contribution in [2.24, 2.45) is 4.99 Å². The smallest absolute Gasteiger partial charge is 0.162 e. The Bertz CT molecular complexity index is 976. The molecule has 1 aromatic carbocycles. The summed E-state index contributed by atoms with van der Waals surface area (Å²) in [5.41, 5.74) is 7.27. The molecule has 0 aliphatic carbocycles. The SMILES string of the molecule is C=C(NCCN1CCNCC1)/C(C)=N/c1c(C)ncnc1N1CCc2cc(C)ccc21. The van der Waals surface area contributed by atoms with Gasteiger partial charge in [-0.3, -0.25) is 4.90 Å². The van der Waals surface area contributed by atoms with Crippen LogP contribution in [0.2, 0.25) is 0 Å². The number of nitrogens with one attached hydrogen (secondary N) is 2. The number of rotatable bonds is 7. The molecule has 3 heterocycles. The van der Waals surface area contributed by atoms with Crippen LogP contribution < -0.4 is 15.5 Å². The van der Waals surface area contributed by atoms with Gasteiger partial charge in [0.15, 0.2) is 5.82 Å². The molecular formula is C24H33N7. The summed E-state index contributed by atoms with van der Waals surface area (Å²) in [6.45, 7) is 17.4. The van der Waals surface area contributed by atoms with Gasteiger partial charge in [0.05, 0.1) is 11.4 Å². The van der Waals surface area contributed by atoms with E-state index in [1.54, 1.807) is 6.33 Å². The number of benzene rings is 1. The molecule has 2 N–H and O–H groups in total. The molecule has 1 saturated heterocycles. The molecule has 2 aliphatic rings. The zero-order valence-electron chi connectivity index (χ0n) is 18.9. The van der Waals surface area contributed by atoms with Gasteiger partial charge in [0.1, 0.15) is 12.0 Å². The van der Waals surface area contributed by atoms with E-state index in [-0.39, 0.29) is 0 Å². The molecule has 7 nitrogen and oxygen atoms in total. The topological polar surface area (TPSA) is 68.7 Å². The Balaban J connectivity index is 1.49. The number of piperazine rings is 1. The first-order chi connectivity index (χ1) is 15.0. The first-order valence-corrected chi connectivity index (χ1v) is 11.1. The van der Waals surface area contributed by atoms with E-state index >= 15 is 0 Å². The standard InChI is InChI=1S/C24H33N7/c1-17-5-6-22-21(15-17)7-11-31(22)24-23(20(4)27-16-28-24)29-19(3)18(2)26-10-14-30-12-8-25-9-13-30/h5-6,15-16,25-26H,2,7-14H2,1,3-4H3/b29-19+. The molecule has 1 fully saturated rings. The Hall–Kier alpha value is -2.77. The van der Waals surface area contributed by atoms with E-state index in [0.717, 1.165) is 80.8 Å². The summed E-state index contributed by atoms with van der Waals surface area (Å²) in [5.74, 6) is 0.864. The highest BCUT2D eigenvalue weighted by molar-refractivity contribution is 5.99. The lowest BCUT2D eigenvalue weighted by atomic mass is 10.1. The van der Waals surface area contributed by atoms with Crippen molar-refractivity contribution in [3.8, 4) is 0 Å². The van der Waals surface area contributed by atoms with Crippen LogP contribution in [0.3, 0.4) is 0 Å². The molecule has 2 aromatic rings. The fraction of sp³-hybridized carbons (Fsp3) is 0.458. The molecule has 4 rings (SSSR count). The number of hydrogen-bond acceptors (Lipinski definition) is 7. The Kier molecular flexibility index (Phi) is 6.63. The summed E-state index contributed by atoms with van der Waals surface area (Å²) in [6, 6.07) is 6.61. The van der Waals surface area contributed by atoms with Crippen molar-refractivity contribution in [2.45, 2.75) is 27.2 Å². The maximum atomic E-state index is 4.92. The van der Waals surface area contributed by atoms with Gasteiger partial charge in [0, 0.05) is 57.2 Å². The van der Waals surface area contributed by atoms with Crippen LogP contribution in [-0.4, -0.2) is 66.4 Å². The highest BCUT2D eigenvalue weighted by Gasteiger charge is 2.24. The second kappa shape index (κ2) is 9.58. The molecule has 2 aliphatic heterocycles. The normalized spacial score (nSPS) is 17.0. The van der Waals surface area contributed by atoms with Gasteiger partial charge in [0.2, 0.25) is 0 Å². The minimum Gasteiger partial charge on any atom is -0.383 e. The Morgan fingerprint density at radius 1 is 1.19 bits per heavy atom. The minimum absolute atomic E-state index is 0.818. The Morgan fingerprint density at radius 3 is 2.81 bits per heavy atom. The second-order valence-corrected chi connectivity index (χ2v) is 8.36. The number of aliphatic imine (C=N–C) groups is 1. The lowest BCUT2D eigenvalue weighted by Gasteiger charge is -2.27. The van der Waals surface area contributed by atoms with Crippen LogP contribution in [0, 0.1) is 13.8 Å². The Morgan fingerprint density at radius 2 is 2.00 bits per heavy atom. The van der Waals surface area contributed by atoms with Gasteiger partial charge in [-0.05, 0) is 38.8 Å². The van der Waals surface area contributed by atoms with E-state index in [4.69, 9.17) is 4.99 Å². The zero-order chi connectivity index (χ0) is 21.8. The summed E-state index contributed by atoms with van der Waals surface area (Å²) in [4.78, 5) is 18.7. The Labute approximate surface area is 185 Å². The zero-order valence-corrected chi connectivity index (χ0v) is 18.9. The average molecular weight is 420 g/mol. The van der Waals surface area contributed by atoms with Gasteiger partial charge in [-0.15, -0.1) is 0 Å². The number of anilines is 2. The molecule has 0 saturated carbocycles. The molecule has 0 unspecified atom stereocenters. The first-order valence-electron chi connectivity index (χ1n) is 11.1. The van der Waals surface area contributed by atoms with E-state index in [2.05, 4.69) is 62.1 Å². The maximum Gasteiger partial charge on any atom is 0.162 e.